The maximum absolute atomic E-state index is 5.25. The summed E-state index contributed by atoms with van der Waals surface area (Å²) in [5.41, 5.74) is 24.8. The SMILES string of the molecule is CCC1=C(CC)c2cc3[n-]c(cc4nc(cc5[n-]c(cc1n2)c(CC)c5CC)C(CC)=C4CC)c(CC)c3CC.[Ho].c1ccc2cc3c(cc2c1)-c1nc-3nc2[n-]c(nc3nc(nc4[n-]c(n1)c1cc5ccccc5cc41)-c1cc4ccccc4cc1-3)c1cc3ccccc3cc21. The van der Waals surface area contributed by atoms with E-state index in [0.29, 0.717) is 45.9 Å². The first-order valence-electron chi connectivity index (χ1n) is 34.1. The molecule has 13 heteroatoms. The Morgan fingerprint density at radius 3 is 0.660 bits per heavy atom. The molecule has 18 rings (SSSR count). The van der Waals surface area contributed by atoms with Crippen molar-refractivity contribution >= 4 is 132 Å². The number of benzene rings is 8. The van der Waals surface area contributed by atoms with E-state index in [0.717, 1.165) is 183 Å². The van der Waals surface area contributed by atoms with E-state index in [4.69, 9.17) is 59.8 Å². The molecule has 4 aliphatic heterocycles. The van der Waals surface area contributed by atoms with Crippen LogP contribution in [0.1, 0.15) is 126 Å². The fourth-order valence-electron chi connectivity index (χ4n) is 15.3. The summed E-state index contributed by atoms with van der Waals surface area (Å²) in [4.78, 5) is 62.6. The van der Waals surface area contributed by atoms with Gasteiger partial charge >= 0.3 is 0 Å². The van der Waals surface area contributed by atoms with Crippen molar-refractivity contribution in [2.24, 2.45) is 0 Å². The minimum Gasteiger partial charge on any atom is -0.657 e. The molecule has 12 nitrogen and oxygen atoms in total. The average molecular weight is 1410 g/mol. The van der Waals surface area contributed by atoms with Gasteiger partial charge in [0.2, 0.25) is 0 Å². The normalized spacial score (nSPS) is 12.7. The van der Waals surface area contributed by atoms with Crippen LogP contribution in [0.2, 0.25) is 0 Å². The Morgan fingerprint density at radius 2 is 0.454 bits per heavy atom. The van der Waals surface area contributed by atoms with Crippen LogP contribution in [0.5, 0.6) is 0 Å². The van der Waals surface area contributed by atoms with Crippen LogP contribution in [-0.4, -0.2) is 39.9 Å². The molecule has 0 N–H and O–H groups in total. The molecule has 97 heavy (non-hydrogen) atoms. The van der Waals surface area contributed by atoms with Crippen LogP contribution in [0.4, 0.5) is 0 Å². The van der Waals surface area contributed by atoms with E-state index in [1.165, 1.54) is 44.5 Å². The number of allylic oxidation sites excluding steroid dienone is 4. The quantitative estimate of drug-likeness (QED) is 0.133. The fourth-order valence-corrected chi connectivity index (χ4v) is 15.3. The first-order chi connectivity index (χ1) is 47.1. The van der Waals surface area contributed by atoms with Gasteiger partial charge in [-0.1, -0.05) is 199 Å². The van der Waals surface area contributed by atoms with E-state index >= 15 is 0 Å². The molecule has 0 atom stereocenters. The Morgan fingerprint density at radius 1 is 0.237 bits per heavy atom. The van der Waals surface area contributed by atoms with Gasteiger partial charge in [-0.05, 0) is 187 Å². The standard InChI is InChI=1S/C48H24N8.C36H44N4.Ho/c1-2-10-26-18-34-33(17-25(26)9-1)41-49-42(34)54-44-37-21-29-13-5-6-14-30(29)22-38(37)46(51-44)56-48-40-24-32-16-8-7-15-31(32)23-39(40)47(52-48)55-45-36-20-28-12-4-3-11-27(28)19-35(36)43(50-45)53-41;1-9-21-22(10-2)30-18-32-25(13-5)26(14-6)34(39-32)20-36-28(16-8)27(15-7)35(40-36)19-33-24(12-4)23(11-3)31(38-33)17-29(21)37-30;/h1-24H;17-20H,9-16H2,1-8H3;/q2*-2;. The third kappa shape index (κ3) is 10.4. The van der Waals surface area contributed by atoms with Crippen molar-refractivity contribution < 1.29 is 37.7 Å². The zero-order chi connectivity index (χ0) is 65.0. The summed E-state index contributed by atoms with van der Waals surface area (Å²) < 4.78 is 0. The van der Waals surface area contributed by atoms with Gasteiger partial charge < -0.3 is 39.9 Å². The largest absolute Gasteiger partial charge is 0.657 e. The Kier molecular flexibility index (Phi) is 15.9. The topological polar surface area (TPSA) is 160 Å². The molecule has 0 fully saturated rings. The smallest absolute Gasteiger partial charge is 0.0928 e. The maximum Gasteiger partial charge on any atom is 0.0928 e. The molecule has 479 valence electrons. The average Bonchev–Trinajstić information content (AvgIpc) is 1.59. The Hall–Kier alpha value is -9.98. The van der Waals surface area contributed by atoms with Gasteiger partial charge in [-0.25, -0.2) is 19.9 Å². The first kappa shape index (κ1) is 61.9. The fraction of sp³-hybridized carbons (Fsp3) is 0.190. The molecule has 4 aliphatic rings. The second-order valence-electron chi connectivity index (χ2n) is 25.2. The van der Waals surface area contributed by atoms with Crippen molar-refractivity contribution in [2.75, 3.05) is 0 Å². The minimum atomic E-state index is 0. The van der Waals surface area contributed by atoms with Crippen molar-refractivity contribution in [1.29, 1.82) is 0 Å². The molecule has 10 heterocycles. The molecule has 0 aliphatic carbocycles. The summed E-state index contributed by atoms with van der Waals surface area (Å²) in [5, 5.41) is 12.2. The van der Waals surface area contributed by atoms with Gasteiger partial charge in [0.05, 0.1) is 46.1 Å². The summed E-state index contributed by atoms with van der Waals surface area (Å²) in [6.45, 7) is 17.9. The van der Waals surface area contributed by atoms with Crippen LogP contribution in [-0.2, 0) is 25.7 Å². The van der Waals surface area contributed by atoms with Crippen LogP contribution < -0.4 is 19.9 Å². The molecule has 6 aromatic heterocycles. The van der Waals surface area contributed by atoms with Crippen molar-refractivity contribution in [2.45, 2.75) is 107 Å². The Balaban J connectivity index is 0.000000160. The second kappa shape index (κ2) is 24.9. The molecular formula is C84H68HoN12-4. The summed E-state index contributed by atoms with van der Waals surface area (Å²) in [5.74, 6) is 2.14. The third-order valence-electron chi connectivity index (χ3n) is 20.0. The molecular weight excluding hydrogens is 1340 g/mol. The number of aryl methyl sites for hydroxylation is 4. The number of fused-ring (bicyclic) bond motifs is 32. The molecule has 1 radical (unpaired) electrons. The molecule has 8 aromatic carbocycles. The monoisotopic (exact) mass is 1410 g/mol. The van der Waals surface area contributed by atoms with E-state index in [2.05, 4.69) is 177 Å². The van der Waals surface area contributed by atoms with Crippen LogP contribution in [0.25, 0.3) is 177 Å². The van der Waals surface area contributed by atoms with Gasteiger partial charge in [-0.15, -0.1) is 22.1 Å². The van der Waals surface area contributed by atoms with E-state index in [-0.39, 0.29) is 37.7 Å². The molecule has 0 spiro atoms. The van der Waals surface area contributed by atoms with E-state index in [1.807, 2.05) is 48.5 Å². The maximum atomic E-state index is 5.25. The zero-order valence-electron chi connectivity index (χ0n) is 55.5. The predicted molar refractivity (Wildman–Crippen MR) is 395 cm³/mol. The van der Waals surface area contributed by atoms with Crippen molar-refractivity contribution in [3.05, 3.63) is 215 Å². The number of hydrogen-bond acceptors (Lipinski definition) is 8. The van der Waals surface area contributed by atoms with Crippen LogP contribution in [0, 0.1) is 37.7 Å². The third-order valence-corrected chi connectivity index (χ3v) is 20.0. The van der Waals surface area contributed by atoms with Crippen molar-refractivity contribution in [3.8, 4) is 45.6 Å². The Bertz CT molecular complexity index is 5380. The molecule has 0 saturated heterocycles. The van der Waals surface area contributed by atoms with Gasteiger partial charge in [0.1, 0.15) is 0 Å². The summed E-state index contributed by atoms with van der Waals surface area (Å²) >= 11 is 0. The number of rotatable bonds is 8. The molecule has 0 amide bonds. The number of aromatic nitrogens is 12. The van der Waals surface area contributed by atoms with E-state index in [1.54, 1.807) is 0 Å². The van der Waals surface area contributed by atoms with Crippen LogP contribution in [0.15, 0.2) is 170 Å². The van der Waals surface area contributed by atoms with Crippen molar-refractivity contribution in [1.82, 2.24) is 59.8 Å². The Labute approximate surface area is 591 Å². The second-order valence-corrected chi connectivity index (χ2v) is 25.2. The minimum absolute atomic E-state index is 0. The zero-order valence-corrected chi connectivity index (χ0v) is 57.4. The number of nitrogens with zero attached hydrogens (tertiary/aromatic N) is 12. The molecule has 0 saturated carbocycles. The summed E-state index contributed by atoms with van der Waals surface area (Å²) in [7, 11) is 0. The number of hydrogen-bond donors (Lipinski definition) is 0. The van der Waals surface area contributed by atoms with Crippen LogP contribution >= 0.6 is 0 Å². The van der Waals surface area contributed by atoms with Gasteiger partial charge in [-0.3, -0.25) is 0 Å². The predicted octanol–water partition coefficient (Wildman–Crippen LogP) is 20.0. The summed E-state index contributed by atoms with van der Waals surface area (Å²) in [6, 6.07) is 59.4. The van der Waals surface area contributed by atoms with E-state index < -0.39 is 0 Å². The van der Waals surface area contributed by atoms with Gasteiger partial charge in [0.15, 0.2) is 0 Å². The van der Waals surface area contributed by atoms with E-state index in [9.17, 15) is 0 Å². The summed E-state index contributed by atoms with van der Waals surface area (Å²) in [6.07, 6.45) is 7.60. The van der Waals surface area contributed by atoms with Gasteiger partial charge in [0, 0.05) is 82.6 Å². The first-order valence-corrected chi connectivity index (χ1v) is 34.1. The van der Waals surface area contributed by atoms with Crippen molar-refractivity contribution in [3.63, 3.8) is 0 Å². The molecule has 14 aromatic rings. The molecule has 0 unspecified atom stereocenters. The molecule has 16 bridgehead atoms. The van der Waals surface area contributed by atoms with Gasteiger partial charge in [-0.2, -0.15) is 0 Å². The van der Waals surface area contributed by atoms with Crippen LogP contribution in [0.3, 0.4) is 0 Å². The van der Waals surface area contributed by atoms with Gasteiger partial charge in [0.25, 0.3) is 0 Å².